The van der Waals surface area contributed by atoms with Gasteiger partial charge in [0.2, 0.25) is 0 Å². The Morgan fingerprint density at radius 1 is 0.938 bits per heavy atom. The highest BCUT2D eigenvalue weighted by atomic mass is 19.4. The highest BCUT2D eigenvalue weighted by Gasteiger charge is 2.34. The average Bonchev–Trinajstić information content (AvgIpc) is 2.93. The number of aromatic nitrogens is 2. The Bertz CT molecular complexity index is 1380. The van der Waals surface area contributed by atoms with Crippen molar-refractivity contribution in [2.24, 2.45) is 7.05 Å². The first-order valence-electron chi connectivity index (χ1n) is 10.6. The Kier molecular flexibility index (Phi) is 4.93. The van der Waals surface area contributed by atoms with Gasteiger partial charge in [0.15, 0.2) is 0 Å². The average molecular weight is 437 g/mol. The number of pyridine rings is 1. The maximum absolute atomic E-state index is 13.5. The molecular weight excluding hydrogens is 415 g/mol. The summed E-state index contributed by atoms with van der Waals surface area (Å²) in [5.41, 5.74) is 2.85. The molecule has 0 saturated carbocycles. The van der Waals surface area contributed by atoms with E-state index >= 15 is 0 Å². The Hall–Kier alpha value is -3.32. The molecule has 1 aliphatic rings. The van der Waals surface area contributed by atoms with Crippen LogP contribution >= 0.6 is 0 Å². The molecule has 0 atom stereocenters. The van der Waals surface area contributed by atoms with Crippen molar-refractivity contribution in [2.45, 2.75) is 19.0 Å². The minimum Gasteiger partial charge on any atom is -0.347 e. The first-order valence-corrected chi connectivity index (χ1v) is 10.6. The molecule has 0 aliphatic carbocycles. The number of halogens is 3. The maximum atomic E-state index is 13.5. The Balaban J connectivity index is 1.67. The van der Waals surface area contributed by atoms with E-state index in [4.69, 9.17) is 0 Å². The monoisotopic (exact) mass is 437 g/mol. The van der Waals surface area contributed by atoms with Crippen LogP contribution in [0.25, 0.3) is 27.7 Å². The normalized spacial score (nSPS) is 14.4. The van der Waals surface area contributed by atoms with Crippen molar-refractivity contribution in [3.05, 3.63) is 88.0 Å². The van der Waals surface area contributed by atoms with E-state index in [2.05, 4.69) is 9.88 Å². The number of rotatable bonds is 2. The fraction of sp³-hybridized carbons (Fsp3) is 0.240. The van der Waals surface area contributed by atoms with Gasteiger partial charge >= 0.3 is 6.18 Å². The minimum absolute atomic E-state index is 0.0225. The molecule has 164 valence electrons. The first kappa shape index (κ1) is 20.6. The van der Waals surface area contributed by atoms with Gasteiger partial charge in [-0.15, -0.1) is 0 Å². The fourth-order valence-corrected chi connectivity index (χ4v) is 4.72. The van der Waals surface area contributed by atoms with Crippen LogP contribution in [0.2, 0.25) is 0 Å². The van der Waals surface area contributed by atoms with Gasteiger partial charge in [0.1, 0.15) is 0 Å². The highest BCUT2D eigenvalue weighted by Crippen LogP contribution is 2.36. The van der Waals surface area contributed by atoms with Gasteiger partial charge in [0, 0.05) is 42.9 Å². The molecule has 0 spiro atoms. The summed E-state index contributed by atoms with van der Waals surface area (Å²) in [5, 5.41) is 4.57. The van der Waals surface area contributed by atoms with Crippen molar-refractivity contribution < 1.29 is 13.2 Å². The van der Waals surface area contributed by atoms with Crippen LogP contribution in [0, 0.1) is 0 Å². The quantitative estimate of drug-likeness (QED) is 0.494. The molecule has 5 rings (SSSR count). The van der Waals surface area contributed by atoms with Gasteiger partial charge in [0.05, 0.1) is 16.8 Å². The predicted molar refractivity (Wildman–Crippen MR) is 119 cm³/mol. The van der Waals surface area contributed by atoms with Gasteiger partial charge in [-0.1, -0.05) is 24.3 Å². The number of nitrogens with zero attached hydrogens (tertiary/aromatic N) is 2. The summed E-state index contributed by atoms with van der Waals surface area (Å²) < 4.78 is 44.2. The van der Waals surface area contributed by atoms with Crippen LogP contribution in [-0.4, -0.2) is 22.2 Å². The predicted octanol–water partition coefficient (Wildman–Crippen LogP) is 4.70. The second-order valence-electron chi connectivity index (χ2n) is 8.08. The first-order chi connectivity index (χ1) is 15.4. The van der Waals surface area contributed by atoms with E-state index in [-0.39, 0.29) is 11.1 Å². The summed E-state index contributed by atoms with van der Waals surface area (Å²) in [6.07, 6.45) is -1.07. The molecule has 0 amide bonds. The van der Waals surface area contributed by atoms with Crippen molar-refractivity contribution in [1.82, 2.24) is 14.5 Å². The van der Waals surface area contributed by atoms with Gasteiger partial charge in [0.25, 0.3) is 5.56 Å². The zero-order valence-electron chi connectivity index (χ0n) is 17.5. The lowest BCUT2D eigenvalue weighted by Gasteiger charge is -2.14. The molecule has 4 nitrogen and oxygen atoms in total. The van der Waals surface area contributed by atoms with Gasteiger partial charge in [-0.2, -0.15) is 13.2 Å². The Morgan fingerprint density at radius 2 is 1.69 bits per heavy atom. The van der Waals surface area contributed by atoms with E-state index in [9.17, 15) is 18.0 Å². The highest BCUT2D eigenvalue weighted by molar-refractivity contribution is 5.87. The van der Waals surface area contributed by atoms with Crippen LogP contribution in [0.1, 0.15) is 16.8 Å². The summed E-state index contributed by atoms with van der Waals surface area (Å²) in [7, 11) is 2.02. The van der Waals surface area contributed by atoms with Gasteiger partial charge in [-0.25, -0.2) is 0 Å². The minimum atomic E-state index is -4.54. The zero-order valence-corrected chi connectivity index (χ0v) is 17.5. The summed E-state index contributed by atoms with van der Waals surface area (Å²) in [6, 6.07) is 14.1. The Labute approximate surface area is 182 Å². The lowest BCUT2D eigenvalue weighted by Crippen LogP contribution is -2.20. The molecule has 1 aliphatic heterocycles. The molecule has 0 radical (unpaired) electrons. The van der Waals surface area contributed by atoms with E-state index in [0.29, 0.717) is 5.69 Å². The smallest absolute Gasteiger partial charge is 0.347 e. The lowest BCUT2D eigenvalue weighted by molar-refractivity contribution is -0.137. The second-order valence-corrected chi connectivity index (χ2v) is 8.08. The standard InChI is InChI=1S/C25H22F3N3O/c1-30-22-11-13-29-12-10-19(22)18-9-8-16(15-23(18)30)31-14-4-6-20(24(31)32)17-5-2-3-7-21(17)25(26,27)28/h2-9,14-15,29H,10-13H2,1H3. The molecule has 2 aromatic carbocycles. The molecule has 3 heterocycles. The van der Waals surface area contributed by atoms with Crippen LogP contribution in [0.3, 0.4) is 0 Å². The summed E-state index contributed by atoms with van der Waals surface area (Å²) in [6.45, 7) is 1.85. The number of hydrogen-bond acceptors (Lipinski definition) is 2. The lowest BCUT2D eigenvalue weighted by atomic mass is 10.0. The molecule has 4 aromatic rings. The molecule has 0 saturated heterocycles. The molecule has 32 heavy (non-hydrogen) atoms. The van der Waals surface area contributed by atoms with Crippen molar-refractivity contribution in [2.75, 3.05) is 13.1 Å². The number of alkyl halides is 3. The van der Waals surface area contributed by atoms with Crippen molar-refractivity contribution >= 4 is 10.9 Å². The SMILES string of the molecule is Cn1c2c(c3ccc(-n4cccc(-c5ccccc5C(F)(F)F)c4=O)cc31)CCNCC2. The van der Waals surface area contributed by atoms with E-state index in [1.54, 1.807) is 12.3 Å². The largest absolute Gasteiger partial charge is 0.417 e. The van der Waals surface area contributed by atoms with Crippen LogP contribution < -0.4 is 10.9 Å². The van der Waals surface area contributed by atoms with E-state index in [1.165, 1.54) is 40.1 Å². The van der Waals surface area contributed by atoms with E-state index in [1.807, 2.05) is 25.2 Å². The number of nitrogens with one attached hydrogen (secondary N) is 1. The molecule has 0 unspecified atom stereocenters. The van der Waals surface area contributed by atoms with Crippen molar-refractivity contribution in [3.63, 3.8) is 0 Å². The van der Waals surface area contributed by atoms with Crippen LogP contribution in [0.4, 0.5) is 13.2 Å². The second kappa shape index (κ2) is 7.67. The third kappa shape index (κ3) is 3.33. The molecule has 7 heteroatoms. The molecular formula is C25H22F3N3O. The maximum Gasteiger partial charge on any atom is 0.417 e. The van der Waals surface area contributed by atoms with Crippen molar-refractivity contribution in [3.8, 4) is 16.8 Å². The summed E-state index contributed by atoms with van der Waals surface area (Å²) in [4.78, 5) is 13.3. The third-order valence-corrected chi connectivity index (χ3v) is 6.26. The van der Waals surface area contributed by atoms with Crippen molar-refractivity contribution in [1.29, 1.82) is 0 Å². The molecule has 0 bridgehead atoms. The van der Waals surface area contributed by atoms with E-state index in [0.717, 1.165) is 42.9 Å². The zero-order chi connectivity index (χ0) is 22.5. The summed E-state index contributed by atoms with van der Waals surface area (Å²) in [5.74, 6) is 0. The van der Waals surface area contributed by atoms with Crippen LogP contribution in [0.5, 0.6) is 0 Å². The number of benzene rings is 2. The number of aryl methyl sites for hydroxylation is 1. The van der Waals surface area contributed by atoms with Crippen LogP contribution in [0.15, 0.2) is 65.6 Å². The Morgan fingerprint density at radius 3 is 2.50 bits per heavy atom. The van der Waals surface area contributed by atoms with Gasteiger partial charge in [-0.05, 0) is 54.4 Å². The van der Waals surface area contributed by atoms with Crippen LogP contribution in [-0.2, 0) is 26.1 Å². The number of fused-ring (bicyclic) bond motifs is 3. The molecule has 2 aromatic heterocycles. The third-order valence-electron chi connectivity index (χ3n) is 6.26. The molecule has 0 fully saturated rings. The fourth-order valence-electron chi connectivity index (χ4n) is 4.72. The van der Waals surface area contributed by atoms with Gasteiger partial charge in [-0.3, -0.25) is 9.36 Å². The molecule has 1 N–H and O–H groups in total. The summed E-state index contributed by atoms with van der Waals surface area (Å²) >= 11 is 0. The number of hydrogen-bond donors (Lipinski definition) is 1. The van der Waals surface area contributed by atoms with Gasteiger partial charge < -0.3 is 9.88 Å². The topological polar surface area (TPSA) is 39.0 Å². The van der Waals surface area contributed by atoms with E-state index < -0.39 is 17.3 Å².